The van der Waals surface area contributed by atoms with Gasteiger partial charge in [0.05, 0.1) is 5.60 Å². The van der Waals surface area contributed by atoms with Gasteiger partial charge in [0.15, 0.2) is 0 Å². The minimum absolute atomic E-state index is 0.400. The molecular weight excluding hydrogens is 244 g/mol. The zero-order chi connectivity index (χ0) is 12.8. The lowest BCUT2D eigenvalue weighted by atomic mass is 9.71. The molecule has 2 heteroatoms. The summed E-state index contributed by atoms with van der Waals surface area (Å²) >= 11 is 5.82. The van der Waals surface area contributed by atoms with Crippen LogP contribution >= 0.6 is 11.6 Å². The number of halogens is 1. The zero-order valence-electron chi connectivity index (χ0n) is 10.9. The Balaban J connectivity index is 2.21. The van der Waals surface area contributed by atoms with Gasteiger partial charge >= 0.3 is 0 Å². The first-order chi connectivity index (χ1) is 8.77. The molecule has 0 heterocycles. The molecule has 1 unspecified atom stereocenters. The number of alkyl halides is 1. The molecule has 1 fully saturated rings. The zero-order valence-corrected chi connectivity index (χ0v) is 11.7. The van der Waals surface area contributed by atoms with Crippen LogP contribution in [0.15, 0.2) is 30.3 Å². The van der Waals surface area contributed by atoms with Gasteiger partial charge in [-0.1, -0.05) is 49.6 Å². The third-order valence-corrected chi connectivity index (χ3v) is 4.51. The Morgan fingerprint density at radius 2 is 1.78 bits per heavy atom. The fraction of sp³-hybridized carbons (Fsp3) is 0.625. The van der Waals surface area contributed by atoms with Crippen molar-refractivity contribution in [2.75, 3.05) is 5.88 Å². The summed E-state index contributed by atoms with van der Waals surface area (Å²) in [7, 11) is 0. The van der Waals surface area contributed by atoms with E-state index < -0.39 is 5.60 Å². The van der Waals surface area contributed by atoms with Crippen LogP contribution in [0.4, 0.5) is 0 Å². The van der Waals surface area contributed by atoms with Crippen molar-refractivity contribution in [3.05, 3.63) is 35.9 Å². The molecule has 0 aromatic heterocycles. The van der Waals surface area contributed by atoms with Crippen molar-refractivity contribution in [2.45, 2.75) is 50.5 Å². The smallest absolute Gasteiger partial charge is 0.0924 e. The van der Waals surface area contributed by atoms with Crippen LogP contribution in [-0.2, 0) is 5.60 Å². The van der Waals surface area contributed by atoms with Crippen molar-refractivity contribution in [1.29, 1.82) is 0 Å². The first kappa shape index (κ1) is 13.9. The van der Waals surface area contributed by atoms with Crippen molar-refractivity contribution in [1.82, 2.24) is 0 Å². The molecule has 0 bridgehead atoms. The fourth-order valence-electron chi connectivity index (χ4n) is 3.23. The first-order valence-corrected chi connectivity index (χ1v) is 7.64. The number of hydrogen-bond donors (Lipinski definition) is 1. The topological polar surface area (TPSA) is 20.2 Å². The maximum absolute atomic E-state index is 11.2. The van der Waals surface area contributed by atoms with Crippen molar-refractivity contribution < 1.29 is 5.11 Å². The summed E-state index contributed by atoms with van der Waals surface area (Å²) in [5.74, 6) is 1.03. The van der Waals surface area contributed by atoms with Crippen molar-refractivity contribution in [3.8, 4) is 0 Å². The van der Waals surface area contributed by atoms with E-state index in [9.17, 15) is 5.11 Å². The lowest BCUT2D eigenvalue weighted by molar-refractivity contribution is -0.0465. The van der Waals surface area contributed by atoms with Gasteiger partial charge in [0, 0.05) is 5.88 Å². The van der Waals surface area contributed by atoms with E-state index in [1.165, 1.54) is 19.3 Å². The van der Waals surface area contributed by atoms with Gasteiger partial charge in [-0.25, -0.2) is 0 Å². The standard InChI is InChI=1S/C16H23ClO/c17-13-7-12-16(18,14-8-3-1-4-9-14)15-10-5-2-6-11-15/h1,3-4,8-9,15,18H,2,5-7,10-13H2. The highest BCUT2D eigenvalue weighted by Crippen LogP contribution is 2.42. The predicted molar refractivity (Wildman–Crippen MR) is 76.9 cm³/mol. The molecule has 1 aromatic rings. The molecule has 0 aliphatic heterocycles. The minimum atomic E-state index is -0.670. The highest BCUT2D eigenvalue weighted by molar-refractivity contribution is 6.17. The van der Waals surface area contributed by atoms with Crippen LogP contribution < -0.4 is 0 Å². The second-order valence-electron chi connectivity index (χ2n) is 5.42. The summed E-state index contributed by atoms with van der Waals surface area (Å²) in [4.78, 5) is 0. The van der Waals surface area contributed by atoms with E-state index in [-0.39, 0.29) is 0 Å². The highest BCUT2D eigenvalue weighted by Gasteiger charge is 2.38. The second-order valence-corrected chi connectivity index (χ2v) is 5.80. The van der Waals surface area contributed by atoms with E-state index in [0.717, 1.165) is 31.2 Å². The Morgan fingerprint density at radius 3 is 2.39 bits per heavy atom. The van der Waals surface area contributed by atoms with E-state index in [1.54, 1.807) is 0 Å². The number of rotatable bonds is 5. The third-order valence-electron chi connectivity index (χ3n) is 4.25. The summed E-state index contributed by atoms with van der Waals surface area (Å²) in [6.45, 7) is 0. The molecule has 1 N–H and O–H groups in total. The van der Waals surface area contributed by atoms with Gasteiger partial charge in [0.1, 0.15) is 0 Å². The third kappa shape index (κ3) is 3.07. The van der Waals surface area contributed by atoms with Crippen LogP contribution in [0, 0.1) is 5.92 Å². The Kier molecular flexibility index (Phi) is 5.08. The molecule has 0 saturated heterocycles. The van der Waals surface area contributed by atoms with E-state index in [2.05, 4.69) is 12.1 Å². The highest BCUT2D eigenvalue weighted by atomic mass is 35.5. The normalized spacial score (nSPS) is 20.6. The summed E-state index contributed by atoms with van der Waals surface area (Å²) in [5.41, 5.74) is 0.401. The Labute approximate surface area is 115 Å². The van der Waals surface area contributed by atoms with Gasteiger partial charge in [0.25, 0.3) is 0 Å². The van der Waals surface area contributed by atoms with Crippen molar-refractivity contribution in [3.63, 3.8) is 0 Å². The molecule has 1 saturated carbocycles. The Bertz CT molecular complexity index is 345. The first-order valence-electron chi connectivity index (χ1n) is 7.11. The molecule has 18 heavy (non-hydrogen) atoms. The quantitative estimate of drug-likeness (QED) is 0.780. The van der Waals surface area contributed by atoms with Crippen LogP contribution in [-0.4, -0.2) is 11.0 Å². The SMILES string of the molecule is OC(CCCCl)(c1ccccc1)C1CCCCC1. The molecule has 0 radical (unpaired) electrons. The summed E-state index contributed by atoms with van der Waals surface area (Å²) in [6.07, 6.45) is 7.77. The predicted octanol–water partition coefficient (Wildman–Crippen LogP) is 4.47. The van der Waals surface area contributed by atoms with Gasteiger partial charge in [-0.3, -0.25) is 0 Å². The summed E-state index contributed by atoms with van der Waals surface area (Å²) < 4.78 is 0. The molecule has 1 aromatic carbocycles. The van der Waals surface area contributed by atoms with E-state index >= 15 is 0 Å². The van der Waals surface area contributed by atoms with Crippen LogP contribution in [0.3, 0.4) is 0 Å². The second kappa shape index (κ2) is 6.58. The van der Waals surface area contributed by atoms with Crippen molar-refractivity contribution >= 4 is 11.6 Å². The van der Waals surface area contributed by atoms with Gasteiger partial charge in [0.2, 0.25) is 0 Å². The maximum atomic E-state index is 11.2. The van der Waals surface area contributed by atoms with Crippen molar-refractivity contribution in [2.24, 2.45) is 5.92 Å². The molecule has 0 spiro atoms. The van der Waals surface area contributed by atoms with E-state index in [1.807, 2.05) is 18.2 Å². The lowest BCUT2D eigenvalue weighted by Gasteiger charge is -2.39. The molecule has 1 nitrogen and oxygen atoms in total. The molecule has 2 rings (SSSR count). The molecule has 0 amide bonds. The molecule has 1 aliphatic carbocycles. The van der Waals surface area contributed by atoms with Gasteiger partial charge in [-0.2, -0.15) is 0 Å². The largest absolute Gasteiger partial charge is 0.385 e. The van der Waals surface area contributed by atoms with E-state index in [0.29, 0.717) is 11.8 Å². The van der Waals surface area contributed by atoms with Gasteiger partial charge in [-0.15, -0.1) is 11.6 Å². The minimum Gasteiger partial charge on any atom is -0.385 e. The monoisotopic (exact) mass is 266 g/mol. The Hall–Kier alpha value is -0.530. The number of benzene rings is 1. The summed E-state index contributed by atoms with van der Waals surface area (Å²) in [5, 5.41) is 11.2. The maximum Gasteiger partial charge on any atom is 0.0924 e. The van der Waals surface area contributed by atoms with Crippen LogP contribution in [0.25, 0.3) is 0 Å². The van der Waals surface area contributed by atoms with Crippen LogP contribution in [0.1, 0.15) is 50.5 Å². The Morgan fingerprint density at radius 1 is 1.11 bits per heavy atom. The van der Waals surface area contributed by atoms with Crippen LogP contribution in [0.5, 0.6) is 0 Å². The molecular formula is C16H23ClO. The van der Waals surface area contributed by atoms with Gasteiger partial charge < -0.3 is 5.11 Å². The lowest BCUT2D eigenvalue weighted by Crippen LogP contribution is -2.36. The van der Waals surface area contributed by atoms with Crippen LogP contribution in [0.2, 0.25) is 0 Å². The van der Waals surface area contributed by atoms with E-state index in [4.69, 9.17) is 11.6 Å². The average molecular weight is 267 g/mol. The fourth-order valence-corrected chi connectivity index (χ4v) is 3.36. The number of aliphatic hydroxyl groups is 1. The average Bonchev–Trinajstić information content (AvgIpc) is 2.46. The molecule has 100 valence electrons. The molecule has 1 aliphatic rings. The molecule has 1 atom stereocenters. The number of hydrogen-bond acceptors (Lipinski definition) is 1. The summed E-state index contributed by atoms with van der Waals surface area (Å²) in [6, 6.07) is 10.2. The van der Waals surface area contributed by atoms with Gasteiger partial charge in [-0.05, 0) is 37.2 Å².